The molecular formula is C19H23N3O2. The Morgan fingerprint density at radius 2 is 2.00 bits per heavy atom. The standard InChI is InChI=1S/C19H23N3O2/c20-19(22-14-18-10-5-11-23-18)21-13-15-6-4-9-17(12-15)24-16-7-2-1-3-8-16/h1-4,6-9,12,18H,5,10-11,13-14H2,(H3,20,21,22). The molecule has 1 aliphatic heterocycles. The summed E-state index contributed by atoms with van der Waals surface area (Å²) in [5.74, 6) is 2.05. The maximum atomic E-state index is 5.91. The summed E-state index contributed by atoms with van der Waals surface area (Å²) in [6.45, 7) is 2.07. The van der Waals surface area contributed by atoms with E-state index in [-0.39, 0.29) is 6.10 Å². The van der Waals surface area contributed by atoms with Crippen LogP contribution in [-0.2, 0) is 11.3 Å². The van der Waals surface area contributed by atoms with E-state index in [1.807, 2.05) is 54.6 Å². The predicted molar refractivity (Wildman–Crippen MR) is 95.3 cm³/mol. The van der Waals surface area contributed by atoms with Crippen molar-refractivity contribution in [2.45, 2.75) is 25.5 Å². The maximum Gasteiger partial charge on any atom is 0.189 e. The van der Waals surface area contributed by atoms with Crippen LogP contribution in [0.2, 0.25) is 0 Å². The number of rotatable bonds is 6. The van der Waals surface area contributed by atoms with Gasteiger partial charge >= 0.3 is 0 Å². The number of ether oxygens (including phenoxy) is 2. The van der Waals surface area contributed by atoms with Gasteiger partial charge in [0.1, 0.15) is 11.5 Å². The van der Waals surface area contributed by atoms with E-state index in [0.717, 1.165) is 36.5 Å². The van der Waals surface area contributed by atoms with Gasteiger partial charge in [-0.25, -0.2) is 4.99 Å². The second kappa shape index (κ2) is 8.36. The zero-order valence-corrected chi connectivity index (χ0v) is 13.7. The molecule has 0 bridgehead atoms. The van der Waals surface area contributed by atoms with E-state index in [0.29, 0.717) is 19.0 Å². The van der Waals surface area contributed by atoms with Crippen molar-refractivity contribution >= 4 is 5.96 Å². The molecule has 0 radical (unpaired) electrons. The first-order chi connectivity index (χ1) is 11.8. The highest BCUT2D eigenvalue weighted by atomic mass is 16.5. The van der Waals surface area contributed by atoms with Crippen molar-refractivity contribution in [3.05, 3.63) is 60.2 Å². The summed E-state index contributed by atoms with van der Waals surface area (Å²) in [4.78, 5) is 4.38. The predicted octanol–water partition coefficient (Wildman–Crippen LogP) is 3.06. The highest BCUT2D eigenvalue weighted by Gasteiger charge is 2.14. The summed E-state index contributed by atoms with van der Waals surface area (Å²) >= 11 is 0. The molecule has 0 amide bonds. The van der Waals surface area contributed by atoms with Gasteiger partial charge in [0.05, 0.1) is 12.6 Å². The third-order valence-electron chi connectivity index (χ3n) is 3.84. The van der Waals surface area contributed by atoms with Crippen LogP contribution in [0.25, 0.3) is 0 Å². The minimum absolute atomic E-state index is 0.251. The number of nitrogens with two attached hydrogens (primary N) is 1. The minimum Gasteiger partial charge on any atom is -0.457 e. The number of guanidine groups is 1. The highest BCUT2D eigenvalue weighted by Crippen LogP contribution is 2.22. The fourth-order valence-corrected chi connectivity index (χ4v) is 2.59. The lowest BCUT2D eigenvalue weighted by molar-refractivity contribution is 0.114. The molecule has 2 aromatic carbocycles. The van der Waals surface area contributed by atoms with Crippen LogP contribution in [-0.4, -0.2) is 25.2 Å². The van der Waals surface area contributed by atoms with Crippen molar-refractivity contribution < 1.29 is 9.47 Å². The number of benzene rings is 2. The third kappa shape index (κ3) is 4.99. The molecule has 5 heteroatoms. The maximum absolute atomic E-state index is 5.91. The molecule has 0 aliphatic carbocycles. The topological polar surface area (TPSA) is 68.9 Å². The molecule has 1 fully saturated rings. The van der Waals surface area contributed by atoms with Gasteiger partial charge in [0.15, 0.2) is 5.96 Å². The molecule has 0 spiro atoms. The van der Waals surface area contributed by atoms with Crippen molar-refractivity contribution in [2.24, 2.45) is 10.7 Å². The van der Waals surface area contributed by atoms with Crippen molar-refractivity contribution in [2.75, 3.05) is 13.2 Å². The average Bonchev–Trinajstić information content (AvgIpc) is 3.13. The van der Waals surface area contributed by atoms with Crippen LogP contribution >= 0.6 is 0 Å². The molecule has 24 heavy (non-hydrogen) atoms. The third-order valence-corrected chi connectivity index (χ3v) is 3.84. The molecule has 0 aromatic heterocycles. The number of hydrogen-bond donors (Lipinski definition) is 2. The van der Waals surface area contributed by atoms with Gasteiger partial charge in [-0.15, -0.1) is 0 Å². The van der Waals surface area contributed by atoms with E-state index in [1.165, 1.54) is 0 Å². The second-order valence-electron chi connectivity index (χ2n) is 5.78. The number of aliphatic imine (C=N–C) groups is 1. The number of nitrogens with zero attached hydrogens (tertiary/aromatic N) is 1. The first kappa shape index (κ1) is 16.3. The van der Waals surface area contributed by atoms with Gasteiger partial charge in [0, 0.05) is 13.2 Å². The van der Waals surface area contributed by atoms with E-state index in [9.17, 15) is 0 Å². The van der Waals surface area contributed by atoms with Gasteiger partial charge in [-0.3, -0.25) is 0 Å². The van der Waals surface area contributed by atoms with Crippen molar-refractivity contribution in [3.63, 3.8) is 0 Å². The molecule has 1 atom stereocenters. The van der Waals surface area contributed by atoms with Crippen LogP contribution in [0, 0.1) is 0 Å². The SMILES string of the molecule is NC(=NCc1cccc(Oc2ccccc2)c1)NCC1CCCO1. The van der Waals surface area contributed by atoms with Gasteiger partial charge in [-0.2, -0.15) is 0 Å². The number of para-hydroxylation sites is 1. The summed E-state index contributed by atoms with van der Waals surface area (Å²) in [5.41, 5.74) is 6.96. The quantitative estimate of drug-likeness (QED) is 0.633. The summed E-state index contributed by atoms with van der Waals surface area (Å²) in [6, 6.07) is 17.6. The van der Waals surface area contributed by atoms with E-state index in [1.54, 1.807) is 0 Å². The first-order valence-electron chi connectivity index (χ1n) is 8.27. The monoisotopic (exact) mass is 325 g/mol. The average molecular weight is 325 g/mol. The zero-order valence-electron chi connectivity index (χ0n) is 13.7. The van der Waals surface area contributed by atoms with Crippen molar-refractivity contribution in [1.29, 1.82) is 0 Å². The van der Waals surface area contributed by atoms with E-state index in [4.69, 9.17) is 15.2 Å². The summed E-state index contributed by atoms with van der Waals surface area (Å²) in [7, 11) is 0. The van der Waals surface area contributed by atoms with Crippen molar-refractivity contribution in [3.8, 4) is 11.5 Å². The fraction of sp³-hybridized carbons (Fsp3) is 0.316. The molecule has 3 N–H and O–H groups in total. The highest BCUT2D eigenvalue weighted by molar-refractivity contribution is 5.77. The summed E-state index contributed by atoms with van der Waals surface area (Å²) < 4.78 is 11.4. The summed E-state index contributed by atoms with van der Waals surface area (Å²) in [6.07, 6.45) is 2.46. The molecule has 1 saturated heterocycles. The molecule has 5 nitrogen and oxygen atoms in total. The number of hydrogen-bond acceptors (Lipinski definition) is 3. The van der Waals surface area contributed by atoms with Crippen LogP contribution in [0.4, 0.5) is 0 Å². The fourth-order valence-electron chi connectivity index (χ4n) is 2.59. The number of nitrogens with one attached hydrogen (secondary N) is 1. The Labute approximate surface area is 142 Å². The van der Waals surface area contributed by atoms with Crippen LogP contribution in [0.5, 0.6) is 11.5 Å². The molecule has 1 aliphatic rings. The minimum atomic E-state index is 0.251. The Morgan fingerprint density at radius 3 is 2.79 bits per heavy atom. The van der Waals surface area contributed by atoms with Gasteiger partial charge in [-0.1, -0.05) is 30.3 Å². The zero-order chi connectivity index (χ0) is 16.6. The Bertz CT molecular complexity index is 667. The molecule has 1 unspecified atom stereocenters. The van der Waals surface area contributed by atoms with Crippen LogP contribution < -0.4 is 15.8 Å². The summed E-state index contributed by atoms with van der Waals surface area (Å²) in [5, 5.41) is 3.12. The first-order valence-corrected chi connectivity index (χ1v) is 8.27. The molecular weight excluding hydrogens is 302 g/mol. The van der Waals surface area contributed by atoms with E-state index >= 15 is 0 Å². The van der Waals surface area contributed by atoms with E-state index in [2.05, 4.69) is 10.3 Å². The van der Waals surface area contributed by atoms with Gasteiger partial charge in [0.25, 0.3) is 0 Å². The van der Waals surface area contributed by atoms with E-state index < -0.39 is 0 Å². The Morgan fingerprint density at radius 1 is 1.17 bits per heavy atom. The Balaban J connectivity index is 1.52. The Kier molecular flexibility index (Phi) is 5.69. The molecule has 3 rings (SSSR count). The lowest BCUT2D eigenvalue weighted by atomic mass is 10.2. The van der Waals surface area contributed by atoms with Crippen molar-refractivity contribution in [1.82, 2.24) is 5.32 Å². The normalized spacial score (nSPS) is 17.7. The molecule has 1 heterocycles. The van der Waals surface area contributed by atoms with Crippen LogP contribution in [0.3, 0.4) is 0 Å². The smallest absolute Gasteiger partial charge is 0.189 e. The molecule has 2 aromatic rings. The lowest BCUT2D eigenvalue weighted by Gasteiger charge is -2.11. The molecule has 0 saturated carbocycles. The van der Waals surface area contributed by atoms with Gasteiger partial charge in [0.2, 0.25) is 0 Å². The Hall–Kier alpha value is -2.53. The van der Waals surface area contributed by atoms with Gasteiger partial charge in [-0.05, 0) is 42.7 Å². The lowest BCUT2D eigenvalue weighted by Crippen LogP contribution is -2.37. The largest absolute Gasteiger partial charge is 0.457 e. The second-order valence-corrected chi connectivity index (χ2v) is 5.78. The molecule has 126 valence electrons. The van der Waals surface area contributed by atoms with Gasteiger partial charge < -0.3 is 20.5 Å². The van der Waals surface area contributed by atoms with Crippen LogP contribution in [0.1, 0.15) is 18.4 Å². The van der Waals surface area contributed by atoms with Crippen LogP contribution in [0.15, 0.2) is 59.6 Å².